The van der Waals surface area contributed by atoms with Crippen molar-refractivity contribution < 1.29 is 23.9 Å². The topological polar surface area (TPSA) is 92.8 Å². The second-order valence-corrected chi connectivity index (χ2v) is 8.71. The quantitative estimate of drug-likeness (QED) is 0.466. The molecule has 0 aliphatic carbocycles. The molecule has 1 heterocycles. The summed E-state index contributed by atoms with van der Waals surface area (Å²) in [6.07, 6.45) is -0.999. The molecule has 168 valence electrons. The summed E-state index contributed by atoms with van der Waals surface area (Å²) in [5, 5.41) is 3.21. The van der Waals surface area contributed by atoms with Gasteiger partial charge in [-0.1, -0.05) is 49.2 Å². The molecule has 0 saturated heterocycles. The number of nitrogens with one attached hydrogen (secondary N) is 1. The number of benzene rings is 2. The summed E-state index contributed by atoms with van der Waals surface area (Å²) in [6, 6.07) is 9.78. The number of carbonyl (C=O) groups is 4. The van der Waals surface area contributed by atoms with E-state index < -0.39 is 35.8 Å². The molecular weight excluding hydrogens is 455 g/mol. The lowest BCUT2D eigenvalue weighted by Crippen LogP contribution is -2.48. The van der Waals surface area contributed by atoms with Gasteiger partial charge in [-0.2, -0.15) is 0 Å². The van der Waals surface area contributed by atoms with Gasteiger partial charge in [0.1, 0.15) is 6.04 Å². The standard InChI is InChI=1S/C23H22Cl2N2O5/c1-12(2)10-19(27-21(29)15-6-4-5-7-16(15)22(27)30)23(31)32-13(3)20(28)26-18-9-8-14(24)11-17(18)25/h4-9,11-13,19H,10H2,1-3H3,(H,26,28). The van der Waals surface area contributed by atoms with Crippen LogP contribution in [0.15, 0.2) is 42.5 Å². The number of hydrogen-bond donors (Lipinski definition) is 1. The molecule has 0 aromatic heterocycles. The van der Waals surface area contributed by atoms with Crippen LogP contribution in [0.2, 0.25) is 10.0 Å². The number of amides is 3. The number of fused-ring (bicyclic) bond motifs is 1. The predicted octanol–water partition coefficient (Wildman–Crippen LogP) is 4.57. The zero-order chi connectivity index (χ0) is 23.6. The Morgan fingerprint density at radius 1 is 1.00 bits per heavy atom. The van der Waals surface area contributed by atoms with Crippen molar-refractivity contribution in [2.45, 2.75) is 39.3 Å². The van der Waals surface area contributed by atoms with Crippen molar-refractivity contribution in [1.29, 1.82) is 0 Å². The van der Waals surface area contributed by atoms with Crippen molar-refractivity contribution in [1.82, 2.24) is 4.90 Å². The number of rotatable bonds is 7. The molecule has 0 spiro atoms. The fourth-order valence-corrected chi connectivity index (χ4v) is 3.83. The molecule has 32 heavy (non-hydrogen) atoms. The smallest absolute Gasteiger partial charge is 0.330 e. The first kappa shape index (κ1) is 23.8. The maximum absolute atomic E-state index is 13.0. The number of halogens is 2. The molecule has 7 nitrogen and oxygen atoms in total. The summed E-state index contributed by atoms with van der Waals surface area (Å²) < 4.78 is 5.35. The lowest BCUT2D eigenvalue weighted by molar-refractivity contribution is -0.157. The van der Waals surface area contributed by atoms with Crippen LogP contribution in [0.25, 0.3) is 0 Å². The van der Waals surface area contributed by atoms with Gasteiger partial charge >= 0.3 is 5.97 Å². The van der Waals surface area contributed by atoms with E-state index in [0.717, 1.165) is 4.90 Å². The van der Waals surface area contributed by atoms with Gasteiger partial charge in [0.2, 0.25) is 0 Å². The molecule has 0 radical (unpaired) electrons. The third-order valence-electron chi connectivity index (χ3n) is 4.96. The van der Waals surface area contributed by atoms with Crippen molar-refractivity contribution in [2.75, 3.05) is 5.32 Å². The Kier molecular flexibility index (Phi) is 7.21. The van der Waals surface area contributed by atoms with Crippen LogP contribution in [0.4, 0.5) is 5.69 Å². The van der Waals surface area contributed by atoms with Crippen molar-refractivity contribution in [3.63, 3.8) is 0 Å². The molecule has 0 fully saturated rings. The molecule has 2 unspecified atom stereocenters. The lowest BCUT2D eigenvalue weighted by Gasteiger charge is -2.27. The molecule has 1 aliphatic heterocycles. The Bertz CT molecular complexity index is 1050. The molecule has 9 heteroatoms. The molecule has 0 saturated carbocycles. The number of esters is 1. The highest BCUT2D eigenvalue weighted by Crippen LogP contribution is 2.28. The van der Waals surface area contributed by atoms with E-state index in [1.165, 1.54) is 19.1 Å². The van der Waals surface area contributed by atoms with E-state index >= 15 is 0 Å². The first-order valence-electron chi connectivity index (χ1n) is 10.0. The summed E-state index contributed by atoms with van der Waals surface area (Å²) in [5.41, 5.74) is 0.785. The highest BCUT2D eigenvalue weighted by Gasteiger charge is 2.44. The van der Waals surface area contributed by atoms with Crippen LogP contribution in [0, 0.1) is 5.92 Å². The van der Waals surface area contributed by atoms with E-state index in [0.29, 0.717) is 10.7 Å². The van der Waals surface area contributed by atoms with E-state index in [-0.39, 0.29) is 28.5 Å². The summed E-state index contributed by atoms with van der Waals surface area (Å²) in [6.45, 7) is 5.11. The number of anilines is 1. The minimum Gasteiger partial charge on any atom is -0.451 e. The SMILES string of the molecule is CC(C)CC(C(=O)OC(C)C(=O)Nc1ccc(Cl)cc1Cl)N1C(=O)c2ccccc2C1=O. The minimum absolute atomic E-state index is 0.0196. The van der Waals surface area contributed by atoms with Crippen molar-refractivity contribution in [3.8, 4) is 0 Å². The average Bonchev–Trinajstić information content (AvgIpc) is 2.98. The molecule has 2 atom stereocenters. The summed E-state index contributed by atoms with van der Waals surface area (Å²) >= 11 is 11.9. The van der Waals surface area contributed by atoms with Crippen LogP contribution in [0.3, 0.4) is 0 Å². The van der Waals surface area contributed by atoms with E-state index in [1.54, 1.807) is 30.3 Å². The van der Waals surface area contributed by atoms with E-state index in [2.05, 4.69) is 5.32 Å². The van der Waals surface area contributed by atoms with E-state index in [1.807, 2.05) is 13.8 Å². The third kappa shape index (κ3) is 4.95. The van der Waals surface area contributed by atoms with Gasteiger partial charge in [0.25, 0.3) is 17.7 Å². The van der Waals surface area contributed by atoms with E-state index in [4.69, 9.17) is 27.9 Å². The van der Waals surface area contributed by atoms with Gasteiger partial charge in [-0.15, -0.1) is 0 Å². The molecule has 3 amide bonds. The van der Waals surface area contributed by atoms with Gasteiger partial charge in [-0.25, -0.2) is 4.79 Å². The van der Waals surface area contributed by atoms with Gasteiger partial charge in [0.05, 0.1) is 21.8 Å². The lowest BCUT2D eigenvalue weighted by atomic mass is 10.0. The molecule has 2 aromatic rings. The second kappa shape index (κ2) is 9.71. The van der Waals surface area contributed by atoms with Crippen LogP contribution in [0.1, 0.15) is 47.9 Å². The largest absolute Gasteiger partial charge is 0.451 e. The molecule has 1 aliphatic rings. The van der Waals surface area contributed by atoms with Gasteiger partial charge in [-0.3, -0.25) is 19.3 Å². The highest BCUT2D eigenvalue weighted by molar-refractivity contribution is 6.36. The first-order valence-corrected chi connectivity index (χ1v) is 10.8. The fraction of sp³-hybridized carbons (Fsp3) is 0.304. The van der Waals surface area contributed by atoms with Crippen LogP contribution in [-0.4, -0.2) is 40.7 Å². The Morgan fingerprint density at radius 2 is 1.59 bits per heavy atom. The Hall–Kier alpha value is -2.90. The van der Waals surface area contributed by atoms with Crippen LogP contribution in [-0.2, 0) is 14.3 Å². The van der Waals surface area contributed by atoms with Crippen molar-refractivity contribution >= 4 is 52.6 Å². The van der Waals surface area contributed by atoms with Crippen molar-refractivity contribution in [3.05, 3.63) is 63.6 Å². The van der Waals surface area contributed by atoms with Gasteiger partial charge < -0.3 is 10.1 Å². The summed E-state index contributed by atoms with van der Waals surface area (Å²) in [7, 11) is 0. The van der Waals surface area contributed by atoms with Gasteiger partial charge in [0, 0.05) is 5.02 Å². The minimum atomic E-state index is -1.20. The number of carbonyl (C=O) groups excluding carboxylic acids is 4. The maximum atomic E-state index is 13.0. The van der Waals surface area contributed by atoms with Crippen LogP contribution in [0.5, 0.6) is 0 Å². The van der Waals surface area contributed by atoms with Gasteiger partial charge in [0.15, 0.2) is 6.10 Å². The number of ether oxygens (including phenoxy) is 1. The van der Waals surface area contributed by atoms with Crippen molar-refractivity contribution in [2.24, 2.45) is 5.92 Å². The molecule has 3 rings (SSSR count). The van der Waals surface area contributed by atoms with E-state index in [9.17, 15) is 19.2 Å². The van der Waals surface area contributed by atoms with Gasteiger partial charge in [-0.05, 0) is 49.6 Å². The maximum Gasteiger partial charge on any atom is 0.330 e. The number of nitrogens with zero attached hydrogens (tertiary/aromatic N) is 1. The normalized spacial score (nSPS) is 14.9. The summed E-state index contributed by atoms with van der Waals surface area (Å²) in [4.78, 5) is 52.2. The number of hydrogen-bond acceptors (Lipinski definition) is 5. The summed E-state index contributed by atoms with van der Waals surface area (Å²) in [5.74, 6) is -2.59. The molecule has 1 N–H and O–H groups in total. The predicted molar refractivity (Wildman–Crippen MR) is 121 cm³/mol. The Morgan fingerprint density at radius 3 is 2.12 bits per heavy atom. The highest BCUT2D eigenvalue weighted by atomic mass is 35.5. The van der Waals surface area contributed by atoms with Crippen LogP contribution >= 0.6 is 23.2 Å². The first-order chi connectivity index (χ1) is 15.1. The second-order valence-electron chi connectivity index (χ2n) is 7.86. The molecule has 0 bridgehead atoms. The van der Waals surface area contributed by atoms with Crippen LogP contribution < -0.4 is 5.32 Å². The monoisotopic (exact) mass is 476 g/mol. The zero-order valence-corrected chi connectivity index (χ0v) is 19.2. The Balaban J connectivity index is 1.76. The zero-order valence-electron chi connectivity index (χ0n) is 17.7. The third-order valence-corrected chi connectivity index (χ3v) is 5.50. The number of imide groups is 1. The average molecular weight is 477 g/mol. The molecular formula is C23H22Cl2N2O5. The Labute approximate surface area is 195 Å². The molecule has 2 aromatic carbocycles. The fourth-order valence-electron chi connectivity index (χ4n) is 3.38.